The van der Waals surface area contributed by atoms with Gasteiger partial charge < -0.3 is 9.47 Å². The molecule has 2 aliphatic rings. The van der Waals surface area contributed by atoms with Crippen LogP contribution in [0.25, 0.3) is 16.6 Å². The van der Waals surface area contributed by atoms with E-state index in [1.807, 2.05) is 36.4 Å². The number of aromatic nitrogens is 2. The van der Waals surface area contributed by atoms with E-state index in [0.717, 1.165) is 31.2 Å². The van der Waals surface area contributed by atoms with Crippen molar-refractivity contribution < 1.29 is 14.3 Å². The van der Waals surface area contributed by atoms with Gasteiger partial charge in [0.25, 0.3) is 5.56 Å². The molecular formula is C32H30N2O5. The maximum absolute atomic E-state index is 13.8. The summed E-state index contributed by atoms with van der Waals surface area (Å²) < 4.78 is 13.7. The molecule has 0 saturated carbocycles. The van der Waals surface area contributed by atoms with E-state index in [1.165, 1.54) is 16.6 Å². The number of hydrogen-bond acceptors (Lipinski definition) is 5. The predicted octanol–water partition coefficient (Wildman–Crippen LogP) is 5.59. The minimum atomic E-state index is -0.389. The maximum Gasteiger partial charge on any atom is 0.336 e. The molecule has 0 unspecified atom stereocenters. The van der Waals surface area contributed by atoms with Crippen LogP contribution in [0.1, 0.15) is 54.4 Å². The number of carbonyl (C=O) groups excluding carboxylic acids is 1. The predicted molar refractivity (Wildman–Crippen MR) is 150 cm³/mol. The average molecular weight is 523 g/mol. The monoisotopic (exact) mass is 522 g/mol. The van der Waals surface area contributed by atoms with Gasteiger partial charge in [0.05, 0.1) is 16.6 Å². The zero-order valence-corrected chi connectivity index (χ0v) is 21.7. The van der Waals surface area contributed by atoms with Crippen molar-refractivity contribution in [3.05, 3.63) is 110 Å². The van der Waals surface area contributed by atoms with E-state index in [1.54, 1.807) is 34.9 Å². The molecule has 4 aromatic rings. The molecular weight excluding hydrogens is 492 g/mol. The molecule has 0 N–H and O–H groups in total. The van der Waals surface area contributed by atoms with E-state index in [4.69, 9.17) is 9.47 Å². The summed E-state index contributed by atoms with van der Waals surface area (Å²) >= 11 is 0. The van der Waals surface area contributed by atoms with Crippen molar-refractivity contribution in [3.63, 3.8) is 0 Å². The molecule has 0 bridgehead atoms. The fourth-order valence-corrected chi connectivity index (χ4v) is 5.45. The molecule has 1 aliphatic carbocycles. The molecule has 39 heavy (non-hydrogen) atoms. The van der Waals surface area contributed by atoms with Gasteiger partial charge in [-0.2, -0.15) is 0 Å². The third-order valence-electron chi connectivity index (χ3n) is 7.60. The van der Waals surface area contributed by atoms with Gasteiger partial charge in [0, 0.05) is 18.5 Å². The molecule has 0 atom stereocenters. The quantitative estimate of drug-likeness (QED) is 0.223. The fourth-order valence-electron chi connectivity index (χ4n) is 5.45. The van der Waals surface area contributed by atoms with Crippen LogP contribution in [0.15, 0.2) is 88.0 Å². The minimum Gasteiger partial charge on any atom is -0.454 e. The van der Waals surface area contributed by atoms with Gasteiger partial charge in [-0.1, -0.05) is 42.0 Å². The van der Waals surface area contributed by atoms with Crippen LogP contribution in [0.2, 0.25) is 0 Å². The summed E-state index contributed by atoms with van der Waals surface area (Å²) in [6.45, 7) is 0.656. The Labute approximate surface area is 225 Å². The largest absolute Gasteiger partial charge is 0.454 e. The lowest BCUT2D eigenvalue weighted by molar-refractivity contribution is 0.0983. The highest BCUT2D eigenvalue weighted by Gasteiger charge is 2.18. The number of ketones is 1. The number of rotatable bonds is 8. The Hall–Kier alpha value is -4.39. The van der Waals surface area contributed by atoms with Crippen molar-refractivity contribution in [2.75, 3.05) is 6.79 Å². The van der Waals surface area contributed by atoms with Gasteiger partial charge >= 0.3 is 5.69 Å². The highest BCUT2D eigenvalue weighted by Crippen LogP contribution is 2.33. The first-order valence-corrected chi connectivity index (χ1v) is 13.5. The van der Waals surface area contributed by atoms with Crippen molar-refractivity contribution in [1.82, 2.24) is 9.13 Å². The van der Waals surface area contributed by atoms with Crippen LogP contribution in [0.4, 0.5) is 0 Å². The molecule has 6 rings (SSSR count). The summed E-state index contributed by atoms with van der Waals surface area (Å²) in [4.78, 5) is 40.5. The molecule has 0 saturated heterocycles. The van der Waals surface area contributed by atoms with E-state index in [2.05, 4.69) is 6.08 Å². The molecule has 3 aromatic carbocycles. The van der Waals surface area contributed by atoms with E-state index in [0.29, 0.717) is 53.0 Å². The van der Waals surface area contributed by atoms with Gasteiger partial charge in [0.15, 0.2) is 17.3 Å². The SMILES string of the molecule is O=C(CCc1ccc2c(c1)OCO2)c1ccc2c(=O)n(-c3ccccc3)c(=O)n(CCC3=CCCCC3)c2c1. The van der Waals surface area contributed by atoms with Crippen LogP contribution in [0.3, 0.4) is 0 Å². The highest BCUT2D eigenvalue weighted by atomic mass is 16.7. The molecule has 1 aromatic heterocycles. The van der Waals surface area contributed by atoms with Crippen LogP contribution in [0.5, 0.6) is 11.5 Å². The lowest BCUT2D eigenvalue weighted by atomic mass is 9.97. The summed E-state index contributed by atoms with van der Waals surface area (Å²) in [6.07, 6.45) is 8.31. The Bertz CT molecular complexity index is 1700. The number of ether oxygens (including phenoxy) is 2. The van der Waals surface area contributed by atoms with Crippen molar-refractivity contribution in [1.29, 1.82) is 0 Å². The number of para-hydroxylation sites is 1. The Morgan fingerprint density at radius 3 is 2.54 bits per heavy atom. The number of Topliss-reactive ketones (excluding diaryl/α,β-unsaturated/α-hetero) is 1. The van der Waals surface area contributed by atoms with Crippen molar-refractivity contribution in [2.45, 2.75) is 51.5 Å². The molecule has 0 spiro atoms. The molecule has 2 heterocycles. The molecule has 7 heteroatoms. The summed E-state index contributed by atoms with van der Waals surface area (Å²) in [5.41, 5.74) is 3.08. The summed E-state index contributed by atoms with van der Waals surface area (Å²) in [5, 5.41) is 0.420. The lowest BCUT2D eigenvalue weighted by Gasteiger charge is -2.17. The zero-order chi connectivity index (χ0) is 26.8. The maximum atomic E-state index is 13.8. The average Bonchev–Trinajstić information content (AvgIpc) is 3.45. The van der Waals surface area contributed by atoms with E-state index < -0.39 is 0 Å². The molecule has 7 nitrogen and oxygen atoms in total. The third kappa shape index (κ3) is 5.04. The number of allylic oxidation sites excluding steroid dienone is 2. The Morgan fingerprint density at radius 2 is 1.72 bits per heavy atom. The van der Waals surface area contributed by atoms with Gasteiger partial charge in [-0.05, 0) is 80.5 Å². The molecule has 0 fully saturated rings. The van der Waals surface area contributed by atoms with Gasteiger partial charge in [0.2, 0.25) is 6.79 Å². The molecule has 0 amide bonds. The van der Waals surface area contributed by atoms with Crippen LogP contribution in [-0.2, 0) is 13.0 Å². The van der Waals surface area contributed by atoms with E-state index in [9.17, 15) is 14.4 Å². The standard InChI is InChI=1S/C32H30N2O5/c35-28(15-11-23-12-16-29-30(19-23)39-21-38-29)24-13-14-26-27(20-24)33(18-17-22-7-3-1-4-8-22)32(37)34(31(26)36)25-9-5-2-6-10-25/h2,5-7,9-10,12-14,16,19-20H,1,3-4,8,11,15,17-18,21H2. The van der Waals surface area contributed by atoms with Gasteiger partial charge in [0.1, 0.15) is 0 Å². The first-order chi connectivity index (χ1) is 19.1. The topological polar surface area (TPSA) is 79.5 Å². The molecule has 1 aliphatic heterocycles. The smallest absolute Gasteiger partial charge is 0.336 e. The Morgan fingerprint density at radius 1 is 0.872 bits per heavy atom. The summed E-state index contributed by atoms with van der Waals surface area (Å²) in [5.74, 6) is 1.36. The number of benzene rings is 3. The van der Waals surface area contributed by atoms with Crippen molar-refractivity contribution in [3.8, 4) is 17.2 Å². The van der Waals surface area contributed by atoms with Crippen molar-refractivity contribution in [2.24, 2.45) is 0 Å². The Kier molecular flexibility index (Phi) is 6.88. The normalized spacial score (nSPS) is 14.4. The zero-order valence-electron chi connectivity index (χ0n) is 21.7. The minimum absolute atomic E-state index is 0.0456. The molecule has 0 radical (unpaired) electrons. The number of fused-ring (bicyclic) bond motifs is 2. The highest BCUT2D eigenvalue weighted by molar-refractivity contribution is 5.99. The van der Waals surface area contributed by atoms with E-state index >= 15 is 0 Å². The van der Waals surface area contributed by atoms with E-state index in [-0.39, 0.29) is 23.8 Å². The van der Waals surface area contributed by atoms with Gasteiger partial charge in [-0.25, -0.2) is 9.36 Å². The van der Waals surface area contributed by atoms with Crippen LogP contribution < -0.4 is 20.7 Å². The number of nitrogens with zero attached hydrogens (tertiary/aromatic N) is 2. The third-order valence-corrected chi connectivity index (χ3v) is 7.60. The summed E-state index contributed by atoms with van der Waals surface area (Å²) in [6, 6.07) is 19.8. The second kappa shape index (κ2) is 10.8. The van der Waals surface area contributed by atoms with Crippen LogP contribution in [-0.4, -0.2) is 21.7 Å². The van der Waals surface area contributed by atoms with Gasteiger partial charge in [-0.3, -0.25) is 14.2 Å². The van der Waals surface area contributed by atoms with Crippen molar-refractivity contribution >= 4 is 16.7 Å². The number of carbonyl (C=O) groups is 1. The fraction of sp³-hybridized carbons (Fsp3) is 0.281. The summed E-state index contributed by atoms with van der Waals surface area (Å²) in [7, 11) is 0. The first kappa shape index (κ1) is 24.9. The van der Waals surface area contributed by atoms with Crippen LogP contribution >= 0.6 is 0 Å². The first-order valence-electron chi connectivity index (χ1n) is 13.5. The number of hydrogen-bond donors (Lipinski definition) is 0. The molecule has 198 valence electrons. The number of aryl methyl sites for hydroxylation is 2. The second-order valence-electron chi connectivity index (χ2n) is 10.1. The van der Waals surface area contributed by atoms with Gasteiger partial charge in [-0.15, -0.1) is 0 Å². The van der Waals surface area contributed by atoms with Crippen LogP contribution in [0, 0.1) is 0 Å². The second-order valence-corrected chi connectivity index (χ2v) is 10.1. The Balaban J connectivity index is 1.35. The lowest BCUT2D eigenvalue weighted by Crippen LogP contribution is -2.39.